The van der Waals surface area contributed by atoms with Crippen LogP contribution in [0.4, 0.5) is 5.82 Å². The number of rotatable bonds is 7. The number of anilines is 1. The van der Waals surface area contributed by atoms with Crippen molar-refractivity contribution in [1.29, 1.82) is 0 Å². The number of carbonyl (C=O) groups is 2. The number of hydrogen-bond donors (Lipinski definition) is 1. The van der Waals surface area contributed by atoms with Gasteiger partial charge in [0.1, 0.15) is 6.26 Å². The number of hydrogen-bond acceptors (Lipinski definition) is 4. The normalized spacial score (nSPS) is 15.2. The molecular formula is C16H25N3O3. The van der Waals surface area contributed by atoms with E-state index in [9.17, 15) is 9.59 Å². The molecule has 2 rings (SSSR count). The van der Waals surface area contributed by atoms with Gasteiger partial charge in [0, 0.05) is 18.5 Å². The van der Waals surface area contributed by atoms with Crippen LogP contribution in [0, 0.1) is 11.8 Å². The van der Waals surface area contributed by atoms with Gasteiger partial charge in [-0.25, -0.2) is 0 Å². The maximum Gasteiger partial charge on any atom is 0.245 e. The molecule has 22 heavy (non-hydrogen) atoms. The zero-order chi connectivity index (χ0) is 15.9. The van der Waals surface area contributed by atoms with Crippen molar-refractivity contribution in [1.82, 2.24) is 10.1 Å². The van der Waals surface area contributed by atoms with Gasteiger partial charge in [-0.3, -0.25) is 9.59 Å². The molecule has 1 N–H and O–H groups in total. The van der Waals surface area contributed by atoms with Crippen LogP contribution in [-0.2, 0) is 9.59 Å². The van der Waals surface area contributed by atoms with E-state index in [4.69, 9.17) is 0 Å². The van der Waals surface area contributed by atoms with E-state index in [1.54, 1.807) is 11.0 Å². The van der Waals surface area contributed by atoms with Gasteiger partial charge in [0.15, 0.2) is 5.82 Å². The Balaban J connectivity index is 1.93. The molecule has 2 amide bonds. The van der Waals surface area contributed by atoms with Gasteiger partial charge in [-0.15, -0.1) is 0 Å². The average Bonchev–Trinajstić information content (AvgIpc) is 3.15. The second-order valence-electron chi connectivity index (χ2n) is 6.36. The van der Waals surface area contributed by atoms with Crippen molar-refractivity contribution in [2.75, 3.05) is 18.4 Å². The summed E-state index contributed by atoms with van der Waals surface area (Å²) in [7, 11) is 0. The molecule has 0 aliphatic heterocycles. The van der Waals surface area contributed by atoms with Crippen LogP contribution in [0.15, 0.2) is 16.9 Å². The van der Waals surface area contributed by atoms with Crippen LogP contribution in [0.25, 0.3) is 0 Å². The summed E-state index contributed by atoms with van der Waals surface area (Å²) in [5.74, 6) is 0.851. The van der Waals surface area contributed by atoms with Gasteiger partial charge >= 0.3 is 0 Å². The molecule has 1 aliphatic carbocycles. The third kappa shape index (κ3) is 4.86. The Labute approximate surface area is 131 Å². The van der Waals surface area contributed by atoms with E-state index in [0.29, 0.717) is 18.3 Å². The summed E-state index contributed by atoms with van der Waals surface area (Å²) in [5.41, 5.74) is 0. The van der Waals surface area contributed by atoms with E-state index in [2.05, 4.69) is 28.8 Å². The summed E-state index contributed by atoms with van der Waals surface area (Å²) in [5, 5.41) is 6.30. The second kappa shape index (κ2) is 7.96. The molecule has 0 aromatic carbocycles. The molecule has 122 valence electrons. The number of nitrogens with one attached hydrogen (secondary N) is 1. The standard InChI is InChI=1S/C16H25N3O3/c1-12(2)7-9-19(16(21)13-5-3-4-6-13)11-15(20)17-14-8-10-22-18-14/h8,10,12-13H,3-7,9,11H2,1-2H3,(H,17,18,20). The Kier molecular flexibility index (Phi) is 5.98. The SMILES string of the molecule is CC(C)CCN(CC(=O)Nc1ccon1)C(=O)C1CCCC1. The van der Waals surface area contributed by atoms with Crippen LogP contribution in [0.3, 0.4) is 0 Å². The summed E-state index contributed by atoms with van der Waals surface area (Å²) < 4.78 is 4.68. The highest BCUT2D eigenvalue weighted by molar-refractivity contribution is 5.94. The van der Waals surface area contributed by atoms with E-state index in [1.165, 1.54) is 6.26 Å². The third-order valence-corrected chi connectivity index (χ3v) is 4.03. The lowest BCUT2D eigenvalue weighted by Gasteiger charge is -2.25. The fourth-order valence-corrected chi connectivity index (χ4v) is 2.74. The van der Waals surface area contributed by atoms with Crippen molar-refractivity contribution in [2.24, 2.45) is 11.8 Å². The van der Waals surface area contributed by atoms with Gasteiger partial charge < -0.3 is 14.7 Å². The number of nitrogens with zero attached hydrogens (tertiary/aromatic N) is 2. The van der Waals surface area contributed by atoms with Crippen LogP contribution in [0.5, 0.6) is 0 Å². The smallest absolute Gasteiger partial charge is 0.245 e. The molecule has 0 radical (unpaired) electrons. The van der Waals surface area contributed by atoms with Crippen molar-refractivity contribution in [2.45, 2.75) is 46.0 Å². The van der Waals surface area contributed by atoms with Crippen molar-refractivity contribution in [3.05, 3.63) is 12.3 Å². The fourth-order valence-electron chi connectivity index (χ4n) is 2.74. The Morgan fingerprint density at radius 3 is 2.73 bits per heavy atom. The first kappa shape index (κ1) is 16.5. The van der Waals surface area contributed by atoms with E-state index in [-0.39, 0.29) is 24.3 Å². The van der Waals surface area contributed by atoms with Crippen LogP contribution in [-0.4, -0.2) is 35.0 Å². The Bertz CT molecular complexity index is 479. The van der Waals surface area contributed by atoms with Crippen LogP contribution < -0.4 is 5.32 Å². The molecular weight excluding hydrogens is 282 g/mol. The molecule has 6 nitrogen and oxygen atoms in total. The van der Waals surface area contributed by atoms with Crippen LogP contribution in [0.2, 0.25) is 0 Å². The monoisotopic (exact) mass is 307 g/mol. The molecule has 6 heteroatoms. The molecule has 0 unspecified atom stereocenters. The minimum absolute atomic E-state index is 0.0783. The lowest BCUT2D eigenvalue weighted by molar-refractivity contribution is -0.138. The quantitative estimate of drug-likeness (QED) is 0.840. The van der Waals surface area contributed by atoms with Crippen molar-refractivity contribution < 1.29 is 14.1 Å². The highest BCUT2D eigenvalue weighted by Crippen LogP contribution is 2.26. The van der Waals surface area contributed by atoms with E-state index >= 15 is 0 Å². The summed E-state index contributed by atoms with van der Waals surface area (Å²) in [6.07, 6.45) is 6.41. The van der Waals surface area contributed by atoms with Crippen LogP contribution in [0.1, 0.15) is 46.0 Å². The number of carbonyl (C=O) groups excluding carboxylic acids is 2. The predicted molar refractivity (Wildman–Crippen MR) is 83.1 cm³/mol. The lowest BCUT2D eigenvalue weighted by atomic mass is 10.1. The molecule has 0 spiro atoms. The van der Waals surface area contributed by atoms with Crippen LogP contribution >= 0.6 is 0 Å². The van der Waals surface area contributed by atoms with Gasteiger partial charge in [0.2, 0.25) is 11.8 Å². The highest BCUT2D eigenvalue weighted by atomic mass is 16.5. The predicted octanol–water partition coefficient (Wildman–Crippen LogP) is 2.68. The minimum atomic E-state index is -0.232. The first-order chi connectivity index (χ1) is 10.6. The van der Waals surface area contributed by atoms with E-state index in [1.807, 2.05) is 0 Å². The fraction of sp³-hybridized carbons (Fsp3) is 0.688. The van der Waals surface area contributed by atoms with Gasteiger partial charge in [-0.2, -0.15) is 0 Å². The summed E-state index contributed by atoms with van der Waals surface area (Å²) in [4.78, 5) is 26.4. The lowest BCUT2D eigenvalue weighted by Crippen LogP contribution is -2.41. The Morgan fingerprint density at radius 2 is 2.14 bits per heavy atom. The molecule has 0 atom stereocenters. The molecule has 1 aliphatic rings. The first-order valence-corrected chi connectivity index (χ1v) is 8.05. The second-order valence-corrected chi connectivity index (χ2v) is 6.36. The molecule has 0 bridgehead atoms. The highest BCUT2D eigenvalue weighted by Gasteiger charge is 2.28. The largest absolute Gasteiger partial charge is 0.363 e. The van der Waals surface area contributed by atoms with Gasteiger partial charge in [-0.1, -0.05) is 31.8 Å². The van der Waals surface area contributed by atoms with Crippen molar-refractivity contribution >= 4 is 17.6 Å². The topological polar surface area (TPSA) is 75.4 Å². The van der Waals surface area contributed by atoms with E-state index in [0.717, 1.165) is 32.1 Å². The zero-order valence-corrected chi connectivity index (χ0v) is 13.4. The summed E-state index contributed by atoms with van der Waals surface area (Å²) in [6, 6.07) is 1.58. The van der Waals surface area contributed by atoms with Gasteiger partial charge in [0.25, 0.3) is 0 Å². The minimum Gasteiger partial charge on any atom is -0.363 e. The van der Waals surface area contributed by atoms with Crippen molar-refractivity contribution in [3.63, 3.8) is 0 Å². The molecule has 0 saturated heterocycles. The Hall–Kier alpha value is -1.85. The number of amides is 2. The molecule has 1 aromatic heterocycles. The number of aromatic nitrogens is 1. The Morgan fingerprint density at radius 1 is 1.41 bits per heavy atom. The molecule has 1 heterocycles. The molecule has 1 fully saturated rings. The average molecular weight is 307 g/mol. The summed E-state index contributed by atoms with van der Waals surface area (Å²) in [6.45, 7) is 4.94. The third-order valence-electron chi connectivity index (χ3n) is 4.03. The molecule has 1 saturated carbocycles. The van der Waals surface area contributed by atoms with Gasteiger partial charge in [0.05, 0.1) is 6.54 Å². The maximum atomic E-state index is 12.6. The van der Waals surface area contributed by atoms with Crippen molar-refractivity contribution in [3.8, 4) is 0 Å². The summed E-state index contributed by atoms with van der Waals surface area (Å²) >= 11 is 0. The first-order valence-electron chi connectivity index (χ1n) is 8.05. The van der Waals surface area contributed by atoms with Gasteiger partial charge in [-0.05, 0) is 25.2 Å². The maximum absolute atomic E-state index is 12.6. The molecule has 1 aromatic rings. The van der Waals surface area contributed by atoms with E-state index < -0.39 is 0 Å². The zero-order valence-electron chi connectivity index (χ0n) is 13.4.